The fraction of sp³-hybridized carbons (Fsp3) is 0.300. The average molecular weight is 374 g/mol. The van der Waals surface area contributed by atoms with Gasteiger partial charge in [-0.25, -0.2) is 0 Å². The van der Waals surface area contributed by atoms with E-state index in [0.717, 1.165) is 11.1 Å². The first-order chi connectivity index (χ1) is 12.5. The molecule has 2 aromatic carbocycles. The van der Waals surface area contributed by atoms with Crippen LogP contribution < -0.4 is 10.6 Å². The number of amides is 2. The van der Waals surface area contributed by atoms with Crippen LogP contribution in [0, 0.1) is 0 Å². The Labute approximate surface area is 159 Å². The number of benzene rings is 2. The maximum absolute atomic E-state index is 12.1. The molecule has 0 bridgehead atoms. The Morgan fingerprint density at radius 2 is 1.62 bits per heavy atom. The lowest BCUT2D eigenvalue weighted by Crippen LogP contribution is -2.41. The quantitative estimate of drug-likeness (QED) is 0.747. The van der Waals surface area contributed by atoms with Gasteiger partial charge in [0.25, 0.3) is 0 Å². The molecule has 0 spiro atoms. The predicted octanol–water partition coefficient (Wildman–Crippen LogP) is 2.42. The first kappa shape index (κ1) is 19.9. The Morgan fingerprint density at radius 1 is 0.962 bits per heavy atom. The first-order valence-electron chi connectivity index (χ1n) is 8.45. The molecule has 0 fully saturated rings. The predicted molar refractivity (Wildman–Crippen MR) is 104 cm³/mol. The Bertz CT molecular complexity index is 735. The normalized spacial score (nSPS) is 11.8. The Hall–Kier alpha value is -2.37. The molecule has 138 valence electrons. The molecule has 0 saturated carbocycles. The Balaban J connectivity index is 1.81. The fourth-order valence-electron chi connectivity index (χ4n) is 2.61. The highest BCUT2D eigenvalue weighted by Crippen LogP contribution is 2.25. The fourth-order valence-corrected chi connectivity index (χ4v) is 2.87. The van der Waals surface area contributed by atoms with Crippen LogP contribution in [0.15, 0.2) is 54.6 Å². The van der Waals surface area contributed by atoms with Gasteiger partial charge in [-0.3, -0.25) is 9.59 Å². The molecule has 2 amide bonds. The van der Waals surface area contributed by atoms with Crippen molar-refractivity contribution in [2.75, 3.05) is 27.2 Å². The van der Waals surface area contributed by atoms with Crippen LogP contribution in [0.1, 0.15) is 17.2 Å². The number of nitrogens with zero attached hydrogens (tertiary/aromatic N) is 1. The van der Waals surface area contributed by atoms with Gasteiger partial charge in [0, 0.05) is 11.6 Å². The Morgan fingerprint density at radius 3 is 2.27 bits per heavy atom. The average Bonchev–Trinajstić information content (AvgIpc) is 2.62. The molecule has 1 atom stereocenters. The zero-order valence-electron chi connectivity index (χ0n) is 15.0. The van der Waals surface area contributed by atoms with Crippen molar-refractivity contribution in [1.82, 2.24) is 15.5 Å². The minimum atomic E-state index is -0.231. The molecule has 26 heavy (non-hydrogen) atoms. The van der Waals surface area contributed by atoms with Crippen molar-refractivity contribution in [3.05, 3.63) is 70.7 Å². The highest BCUT2D eigenvalue weighted by Gasteiger charge is 2.18. The van der Waals surface area contributed by atoms with Gasteiger partial charge in [0.05, 0.1) is 19.0 Å². The summed E-state index contributed by atoms with van der Waals surface area (Å²) in [5.74, 6) is -0.410. The summed E-state index contributed by atoms with van der Waals surface area (Å²) in [5, 5.41) is 6.16. The van der Waals surface area contributed by atoms with Crippen molar-refractivity contribution < 1.29 is 9.59 Å². The number of carbonyl (C=O) groups excluding carboxylic acids is 2. The largest absolute Gasteiger partial charge is 0.353 e. The van der Waals surface area contributed by atoms with Crippen LogP contribution >= 0.6 is 11.6 Å². The molecule has 2 rings (SSSR count). The molecule has 0 aliphatic heterocycles. The third kappa shape index (κ3) is 6.17. The van der Waals surface area contributed by atoms with Crippen molar-refractivity contribution in [1.29, 1.82) is 0 Å². The van der Waals surface area contributed by atoms with Gasteiger partial charge in [-0.15, -0.1) is 0 Å². The van der Waals surface area contributed by atoms with Gasteiger partial charge in [-0.05, 0) is 31.3 Å². The summed E-state index contributed by atoms with van der Waals surface area (Å²) in [5.41, 5.74) is 1.87. The molecule has 2 aromatic rings. The van der Waals surface area contributed by atoms with Crippen LogP contribution in [-0.4, -0.2) is 43.9 Å². The van der Waals surface area contributed by atoms with Crippen LogP contribution in [0.25, 0.3) is 0 Å². The number of nitrogens with one attached hydrogen (secondary N) is 2. The second kappa shape index (κ2) is 9.94. The van der Waals surface area contributed by atoms with Gasteiger partial charge in [-0.2, -0.15) is 0 Å². The maximum atomic E-state index is 12.1. The highest BCUT2D eigenvalue weighted by atomic mass is 35.5. The molecule has 2 N–H and O–H groups in total. The minimum Gasteiger partial charge on any atom is -0.353 e. The Kier molecular flexibility index (Phi) is 7.63. The zero-order valence-corrected chi connectivity index (χ0v) is 15.8. The SMILES string of the molecule is CN(C)C(CNC(=O)CNC(=O)Cc1ccccc1)c1ccccc1Cl. The van der Waals surface area contributed by atoms with Crippen molar-refractivity contribution in [2.24, 2.45) is 0 Å². The van der Waals surface area contributed by atoms with Gasteiger partial charge in [0.2, 0.25) is 11.8 Å². The lowest BCUT2D eigenvalue weighted by molar-refractivity contribution is -0.125. The number of carbonyl (C=O) groups is 2. The van der Waals surface area contributed by atoms with Crippen LogP contribution in [-0.2, 0) is 16.0 Å². The lowest BCUT2D eigenvalue weighted by atomic mass is 10.1. The zero-order chi connectivity index (χ0) is 18.9. The molecule has 5 nitrogen and oxygen atoms in total. The van der Waals surface area contributed by atoms with Gasteiger partial charge in [-0.1, -0.05) is 60.1 Å². The highest BCUT2D eigenvalue weighted by molar-refractivity contribution is 6.31. The summed E-state index contributed by atoms with van der Waals surface area (Å²) < 4.78 is 0. The van der Waals surface area contributed by atoms with E-state index < -0.39 is 0 Å². The molecular formula is C20H24ClN3O2. The molecule has 0 radical (unpaired) electrons. The lowest BCUT2D eigenvalue weighted by Gasteiger charge is -2.26. The van der Waals surface area contributed by atoms with E-state index in [1.54, 1.807) is 0 Å². The number of rotatable bonds is 8. The summed E-state index contributed by atoms with van der Waals surface area (Å²) >= 11 is 6.26. The summed E-state index contributed by atoms with van der Waals surface area (Å²) in [6.07, 6.45) is 0.258. The van der Waals surface area contributed by atoms with E-state index in [2.05, 4.69) is 10.6 Å². The standard InChI is InChI=1S/C20H24ClN3O2/c1-24(2)18(16-10-6-7-11-17(16)21)13-22-20(26)14-23-19(25)12-15-8-4-3-5-9-15/h3-11,18H,12-14H2,1-2H3,(H,22,26)(H,23,25). The molecule has 0 saturated heterocycles. The molecule has 0 aromatic heterocycles. The molecule has 6 heteroatoms. The minimum absolute atomic E-state index is 0.0473. The third-order valence-electron chi connectivity index (χ3n) is 4.03. The van der Waals surface area contributed by atoms with Crippen molar-refractivity contribution in [3.8, 4) is 0 Å². The number of hydrogen-bond donors (Lipinski definition) is 2. The smallest absolute Gasteiger partial charge is 0.239 e. The van der Waals surface area contributed by atoms with E-state index in [1.165, 1.54) is 0 Å². The van der Waals surface area contributed by atoms with E-state index >= 15 is 0 Å². The first-order valence-corrected chi connectivity index (χ1v) is 8.83. The van der Waals surface area contributed by atoms with Gasteiger partial charge < -0.3 is 15.5 Å². The van der Waals surface area contributed by atoms with Crippen molar-refractivity contribution >= 4 is 23.4 Å². The molecule has 1 unspecified atom stereocenters. The van der Waals surface area contributed by atoms with Gasteiger partial charge >= 0.3 is 0 Å². The van der Waals surface area contributed by atoms with E-state index in [4.69, 9.17) is 11.6 Å². The number of halogens is 1. The number of likely N-dealkylation sites (N-methyl/N-ethyl adjacent to an activating group) is 1. The van der Waals surface area contributed by atoms with Crippen LogP contribution in [0.3, 0.4) is 0 Å². The van der Waals surface area contributed by atoms with Gasteiger partial charge in [0.15, 0.2) is 0 Å². The summed E-state index contributed by atoms with van der Waals surface area (Å²) in [6, 6.07) is 16.9. The summed E-state index contributed by atoms with van der Waals surface area (Å²) in [4.78, 5) is 26.0. The third-order valence-corrected chi connectivity index (χ3v) is 4.38. The van der Waals surface area contributed by atoms with E-state index in [1.807, 2.05) is 73.6 Å². The summed E-state index contributed by atoms with van der Waals surface area (Å²) in [6.45, 7) is 0.360. The molecule has 0 aliphatic rings. The van der Waals surface area contributed by atoms with Crippen LogP contribution in [0.5, 0.6) is 0 Å². The molecular weight excluding hydrogens is 350 g/mol. The molecule has 0 aliphatic carbocycles. The van der Waals surface area contributed by atoms with Crippen LogP contribution in [0.4, 0.5) is 0 Å². The topological polar surface area (TPSA) is 61.4 Å². The van der Waals surface area contributed by atoms with Crippen molar-refractivity contribution in [3.63, 3.8) is 0 Å². The second-order valence-corrected chi connectivity index (χ2v) is 6.65. The van der Waals surface area contributed by atoms with Gasteiger partial charge in [0.1, 0.15) is 0 Å². The van der Waals surface area contributed by atoms with E-state index in [0.29, 0.717) is 11.6 Å². The monoisotopic (exact) mass is 373 g/mol. The second-order valence-electron chi connectivity index (χ2n) is 6.24. The maximum Gasteiger partial charge on any atom is 0.239 e. The molecule has 0 heterocycles. The summed E-state index contributed by atoms with van der Waals surface area (Å²) in [7, 11) is 3.86. The van der Waals surface area contributed by atoms with Crippen molar-refractivity contribution in [2.45, 2.75) is 12.5 Å². The van der Waals surface area contributed by atoms with E-state index in [9.17, 15) is 9.59 Å². The van der Waals surface area contributed by atoms with Crippen LogP contribution in [0.2, 0.25) is 5.02 Å². The number of hydrogen-bond acceptors (Lipinski definition) is 3. The van der Waals surface area contributed by atoms with E-state index in [-0.39, 0.29) is 30.8 Å².